The number of nitrogens with one attached hydrogen (secondary N) is 4. The average Bonchev–Trinajstić information content (AvgIpc) is 3.35. The van der Waals surface area contributed by atoms with E-state index in [1.54, 1.807) is 28.8 Å². The molecule has 0 radical (unpaired) electrons. The minimum Gasteiger partial charge on any atom is -0.354 e. The molecule has 0 saturated carbocycles. The third-order valence-electron chi connectivity index (χ3n) is 7.25. The summed E-state index contributed by atoms with van der Waals surface area (Å²) < 4.78 is 1.76. The van der Waals surface area contributed by atoms with Gasteiger partial charge in [0.25, 0.3) is 0 Å². The number of nitrogens with zero attached hydrogens (tertiary/aromatic N) is 3. The largest absolute Gasteiger partial charge is 0.354 e. The van der Waals surface area contributed by atoms with Crippen LogP contribution in [0.5, 0.6) is 0 Å². The molecule has 12 nitrogen and oxygen atoms in total. The molecule has 3 rings (SSSR count). The Hall–Kier alpha value is -4.22. The van der Waals surface area contributed by atoms with Gasteiger partial charge in [-0.1, -0.05) is 44.2 Å². The van der Waals surface area contributed by atoms with Crippen molar-refractivity contribution in [3.63, 3.8) is 0 Å². The Morgan fingerprint density at radius 2 is 1.69 bits per heavy atom. The van der Waals surface area contributed by atoms with Crippen molar-refractivity contribution in [1.29, 1.82) is 0 Å². The summed E-state index contributed by atoms with van der Waals surface area (Å²) in [4.78, 5) is 71.2. The van der Waals surface area contributed by atoms with Gasteiger partial charge >= 0.3 is 0 Å². The van der Waals surface area contributed by atoms with Crippen LogP contribution in [0.15, 0.2) is 42.7 Å². The molecule has 3 atom stereocenters. The Labute approximate surface area is 247 Å². The molecule has 5 amide bonds. The van der Waals surface area contributed by atoms with Crippen LogP contribution in [0.3, 0.4) is 0 Å². The molecular weight excluding hydrogens is 538 g/mol. The molecule has 2 aromatic rings. The second-order valence-corrected chi connectivity index (χ2v) is 11.0. The van der Waals surface area contributed by atoms with Crippen molar-refractivity contribution < 1.29 is 24.0 Å². The SMILES string of the molecule is Cc1nccn1CC(=O)N1CCCNC(=O)[C@@H](C(C)C)NC(=O)[C@@H](C)NC(=O)[C@H](Cc2ccccc2)NC(=O)CCC1. The standard InChI is InChI=1S/C30H43N7O5/c1-20(2)27-30(42)32-13-9-16-36(26(39)19-37-17-14-31-22(37)4)15-8-12-25(38)34-24(18-23-10-6-5-7-11-23)29(41)33-21(3)28(40)35-27/h5-7,10-11,14,17,20-21,24,27H,8-9,12-13,15-16,18-19H2,1-4H3,(H,32,42)(H,33,41)(H,34,38)(H,35,40)/t21-,24+,27-/m1/s1. The summed E-state index contributed by atoms with van der Waals surface area (Å²) in [6.45, 7) is 8.14. The van der Waals surface area contributed by atoms with Crippen LogP contribution in [0.2, 0.25) is 0 Å². The van der Waals surface area contributed by atoms with Crippen molar-refractivity contribution in [2.24, 2.45) is 5.92 Å². The van der Waals surface area contributed by atoms with Crippen molar-refractivity contribution in [3.05, 3.63) is 54.1 Å². The first-order valence-corrected chi connectivity index (χ1v) is 14.5. The maximum absolute atomic E-state index is 13.3. The lowest BCUT2D eigenvalue weighted by Gasteiger charge is -2.27. The van der Waals surface area contributed by atoms with Gasteiger partial charge in [0.2, 0.25) is 29.5 Å². The summed E-state index contributed by atoms with van der Waals surface area (Å²) in [7, 11) is 0. The molecule has 1 aromatic heterocycles. The number of imidazole rings is 1. The molecule has 4 N–H and O–H groups in total. The molecule has 12 heteroatoms. The fourth-order valence-corrected chi connectivity index (χ4v) is 4.72. The van der Waals surface area contributed by atoms with E-state index in [0.717, 1.165) is 11.4 Å². The van der Waals surface area contributed by atoms with Crippen molar-refractivity contribution >= 4 is 29.5 Å². The number of carbonyl (C=O) groups is 5. The van der Waals surface area contributed by atoms with Crippen molar-refractivity contribution in [1.82, 2.24) is 35.7 Å². The highest BCUT2D eigenvalue weighted by Crippen LogP contribution is 2.08. The monoisotopic (exact) mass is 581 g/mol. The predicted molar refractivity (Wildman–Crippen MR) is 157 cm³/mol. The predicted octanol–water partition coefficient (Wildman–Crippen LogP) is 0.693. The van der Waals surface area contributed by atoms with Gasteiger partial charge in [0.15, 0.2) is 0 Å². The fraction of sp³-hybridized carbons (Fsp3) is 0.533. The van der Waals surface area contributed by atoms with Gasteiger partial charge in [-0.2, -0.15) is 0 Å². The number of carbonyl (C=O) groups excluding carboxylic acids is 5. The summed E-state index contributed by atoms with van der Waals surface area (Å²) in [6, 6.07) is 6.62. The molecule has 42 heavy (non-hydrogen) atoms. The maximum Gasteiger partial charge on any atom is 0.243 e. The molecule has 1 aromatic carbocycles. The summed E-state index contributed by atoms with van der Waals surface area (Å²) >= 11 is 0. The Kier molecular flexibility index (Phi) is 12.1. The van der Waals surface area contributed by atoms with E-state index < -0.39 is 29.9 Å². The van der Waals surface area contributed by atoms with E-state index in [1.807, 2.05) is 51.1 Å². The quantitative estimate of drug-likeness (QED) is 0.408. The molecule has 1 aliphatic heterocycles. The van der Waals surface area contributed by atoms with Crippen LogP contribution in [0.4, 0.5) is 0 Å². The third kappa shape index (κ3) is 9.71. The van der Waals surface area contributed by atoms with Gasteiger partial charge in [0.05, 0.1) is 0 Å². The molecule has 0 aliphatic carbocycles. The van der Waals surface area contributed by atoms with Crippen LogP contribution >= 0.6 is 0 Å². The Morgan fingerprint density at radius 1 is 0.976 bits per heavy atom. The van der Waals surface area contributed by atoms with Gasteiger partial charge in [0.1, 0.15) is 30.5 Å². The highest BCUT2D eigenvalue weighted by atomic mass is 16.2. The minimum absolute atomic E-state index is 0.106. The van der Waals surface area contributed by atoms with Crippen LogP contribution < -0.4 is 21.3 Å². The summed E-state index contributed by atoms with van der Waals surface area (Å²) in [5.74, 6) is -1.28. The minimum atomic E-state index is -0.931. The molecule has 1 saturated heterocycles. The molecule has 1 fully saturated rings. The van der Waals surface area contributed by atoms with E-state index in [9.17, 15) is 24.0 Å². The first kappa shape index (κ1) is 32.3. The maximum atomic E-state index is 13.3. The van der Waals surface area contributed by atoms with Gasteiger partial charge in [-0.05, 0) is 38.2 Å². The van der Waals surface area contributed by atoms with Crippen molar-refractivity contribution in [3.8, 4) is 0 Å². The number of rotatable bonds is 5. The lowest BCUT2D eigenvalue weighted by molar-refractivity contribution is -0.134. The van der Waals surface area contributed by atoms with Crippen LogP contribution in [-0.4, -0.2) is 81.7 Å². The van der Waals surface area contributed by atoms with Crippen LogP contribution in [-0.2, 0) is 36.9 Å². The van der Waals surface area contributed by atoms with E-state index in [1.165, 1.54) is 0 Å². The molecule has 228 valence electrons. The molecule has 0 bridgehead atoms. The number of amides is 5. The van der Waals surface area contributed by atoms with Gasteiger partial charge < -0.3 is 30.7 Å². The smallest absolute Gasteiger partial charge is 0.243 e. The summed E-state index contributed by atoms with van der Waals surface area (Å²) in [5.41, 5.74) is 0.848. The zero-order valence-electron chi connectivity index (χ0n) is 24.9. The first-order valence-electron chi connectivity index (χ1n) is 14.5. The van der Waals surface area contributed by atoms with Crippen LogP contribution in [0, 0.1) is 12.8 Å². The zero-order valence-corrected chi connectivity index (χ0v) is 24.9. The van der Waals surface area contributed by atoms with Crippen molar-refractivity contribution in [2.75, 3.05) is 19.6 Å². The average molecular weight is 582 g/mol. The molecule has 2 heterocycles. The number of aryl methyl sites for hydroxylation is 1. The van der Waals surface area contributed by atoms with Gasteiger partial charge in [-0.25, -0.2) is 4.98 Å². The normalized spacial score (nSPS) is 21.9. The summed E-state index contributed by atoms with van der Waals surface area (Å²) in [6.07, 6.45) is 4.60. The second-order valence-electron chi connectivity index (χ2n) is 11.0. The number of hydrogen-bond donors (Lipinski definition) is 4. The first-order chi connectivity index (χ1) is 20.0. The number of hydrogen-bond acceptors (Lipinski definition) is 6. The number of benzene rings is 1. The Balaban J connectivity index is 1.79. The van der Waals surface area contributed by atoms with E-state index in [4.69, 9.17) is 0 Å². The summed E-state index contributed by atoms with van der Waals surface area (Å²) in [5, 5.41) is 11.1. The highest BCUT2D eigenvalue weighted by Gasteiger charge is 2.29. The molecule has 1 aliphatic rings. The van der Waals surface area contributed by atoms with Gasteiger partial charge in [-0.15, -0.1) is 0 Å². The van der Waals surface area contributed by atoms with E-state index in [0.29, 0.717) is 32.5 Å². The van der Waals surface area contributed by atoms with Crippen LogP contribution in [0.25, 0.3) is 0 Å². The highest BCUT2D eigenvalue weighted by molar-refractivity contribution is 5.94. The number of aromatic nitrogens is 2. The lowest BCUT2D eigenvalue weighted by Crippen LogP contribution is -2.57. The fourth-order valence-electron chi connectivity index (χ4n) is 4.72. The van der Waals surface area contributed by atoms with E-state index in [-0.39, 0.29) is 43.0 Å². The van der Waals surface area contributed by atoms with E-state index in [2.05, 4.69) is 26.3 Å². The van der Waals surface area contributed by atoms with Gasteiger partial charge in [0, 0.05) is 44.9 Å². The Morgan fingerprint density at radius 3 is 2.36 bits per heavy atom. The molecular formula is C30H43N7O5. The van der Waals surface area contributed by atoms with Gasteiger partial charge in [-0.3, -0.25) is 24.0 Å². The van der Waals surface area contributed by atoms with Crippen molar-refractivity contribution in [2.45, 2.75) is 78.0 Å². The Bertz CT molecular complexity index is 1230. The third-order valence-corrected chi connectivity index (χ3v) is 7.25. The second kappa shape index (κ2) is 15.7. The zero-order chi connectivity index (χ0) is 30.6. The van der Waals surface area contributed by atoms with E-state index >= 15 is 0 Å². The van der Waals surface area contributed by atoms with Crippen LogP contribution in [0.1, 0.15) is 51.4 Å². The molecule has 0 unspecified atom stereocenters. The lowest BCUT2D eigenvalue weighted by atomic mass is 10.0. The molecule has 0 spiro atoms. The topological polar surface area (TPSA) is 155 Å².